The van der Waals surface area contributed by atoms with Crippen LogP contribution in [0.3, 0.4) is 0 Å². The third-order valence-electron chi connectivity index (χ3n) is 2.57. The van der Waals surface area contributed by atoms with Crippen LogP contribution in [-0.4, -0.2) is 9.55 Å². The highest BCUT2D eigenvalue weighted by molar-refractivity contribution is 5.66. The van der Waals surface area contributed by atoms with Gasteiger partial charge in [0.25, 0.3) is 0 Å². The van der Waals surface area contributed by atoms with Gasteiger partial charge in [-0.2, -0.15) is 0 Å². The standard InChI is InChI=1S/C12H16N4/c1-9-3-4-10(13)11(7-9)15-8-12-14-5-6-16(12)2/h3-7,15H,8,13H2,1-2H3. The fourth-order valence-corrected chi connectivity index (χ4v) is 1.56. The van der Waals surface area contributed by atoms with Crippen LogP contribution in [0.25, 0.3) is 0 Å². The van der Waals surface area contributed by atoms with Crippen molar-refractivity contribution < 1.29 is 0 Å². The Morgan fingerprint density at radius 3 is 2.94 bits per heavy atom. The summed E-state index contributed by atoms with van der Waals surface area (Å²) in [5.41, 5.74) is 8.79. The molecule has 0 radical (unpaired) electrons. The van der Waals surface area contributed by atoms with Crippen LogP contribution in [0.1, 0.15) is 11.4 Å². The Bertz CT molecular complexity index is 488. The van der Waals surface area contributed by atoms with Gasteiger partial charge in [-0.25, -0.2) is 4.98 Å². The summed E-state index contributed by atoms with van der Waals surface area (Å²) in [6.45, 7) is 2.72. The second-order valence-corrected chi connectivity index (χ2v) is 3.90. The number of imidazole rings is 1. The zero-order chi connectivity index (χ0) is 11.5. The van der Waals surface area contributed by atoms with E-state index in [2.05, 4.69) is 10.3 Å². The van der Waals surface area contributed by atoms with Crippen molar-refractivity contribution >= 4 is 11.4 Å². The molecule has 0 saturated carbocycles. The van der Waals surface area contributed by atoms with E-state index in [-0.39, 0.29) is 0 Å². The molecule has 2 aromatic rings. The molecule has 0 aliphatic rings. The van der Waals surface area contributed by atoms with Gasteiger partial charge in [-0.3, -0.25) is 0 Å². The van der Waals surface area contributed by atoms with Crippen LogP contribution in [0.4, 0.5) is 11.4 Å². The minimum absolute atomic E-state index is 0.678. The van der Waals surface area contributed by atoms with Gasteiger partial charge in [-0.05, 0) is 24.6 Å². The first-order valence-electron chi connectivity index (χ1n) is 5.23. The molecule has 0 aliphatic heterocycles. The minimum Gasteiger partial charge on any atom is -0.397 e. The monoisotopic (exact) mass is 216 g/mol. The van der Waals surface area contributed by atoms with Crippen LogP contribution in [-0.2, 0) is 13.6 Å². The smallest absolute Gasteiger partial charge is 0.127 e. The molecular formula is C12H16N4. The van der Waals surface area contributed by atoms with E-state index in [1.807, 2.05) is 42.9 Å². The van der Waals surface area contributed by atoms with E-state index in [1.165, 1.54) is 5.56 Å². The number of hydrogen-bond acceptors (Lipinski definition) is 3. The number of nitrogens with two attached hydrogens (primary N) is 1. The van der Waals surface area contributed by atoms with Crippen LogP contribution < -0.4 is 11.1 Å². The fourth-order valence-electron chi connectivity index (χ4n) is 1.56. The number of nitrogens with one attached hydrogen (secondary N) is 1. The van der Waals surface area contributed by atoms with Crippen LogP contribution in [0.5, 0.6) is 0 Å². The second-order valence-electron chi connectivity index (χ2n) is 3.90. The van der Waals surface area contributed by atoms with Crippen LogP contribution in [0, 0.1) is 6.92 Å². The van der Waals surface area contributed by atoms with Crippen LogP contribution >= 0.6 is 0 Å². The van der Waals surface area contributed by atoms with Crippen molar-refractivity contribution in [2.75, 3.05) is 11.1 Å². The lowest BCUT2D eigenvalue weighted by molar-refractivity contribution is 0.813. The summed E-state index contributed by atoms with van der Waals surface area (Å²) in [7, 11) is 1.98. The molecule has 0 amide bonds. The van der Waals surface area contributed by atoms with Crippen LogP contribution in [0.15, 0.2) is 30.6 Å². The largest absolute Gasteiger partial charge is 0.397 e. The van der Waals surface area contributed by atoms with Gasteiger partial charge in [0, 0.05) is 19.4 Å². The Morgan fingerprint density at radius 2 is 2.25 bits per heavy atom. The first-order chi connectivity index (χ1) is 7.66. The van der Waals surface area contributed by atoms with Gasteiger partial charge in [0.2, 0.25) is 0 Å². The highest BCUT2D eigenvalue weighted by Gasteiger charge is 2.01. The molecule has 0 unspecified atom stereocenters. The fraction of sp³-hybridized carbons (Fsp3) is 0.250. The molecule has 1 heterocycles. The first kappa shape index (κ1) is 10.5. The molecule has 0 fully saturated rings. The Kier molecular flexibility index (Phi) is 2.81. The van der Waals surface area contributed by atoms with Gasteiger partial charge < -0.3 is 15.6 Å². The van der Waals surface area contributed by atoms with Crippen molar-refractivity contribution in [3.63, 3.8) is 0 Å². The van der Waals surface area contributed by atoms with Crippen molar-refractivity contribution in [2.24, 2.45) is 7.05 Å². The highest BCUT2D eigenvalue weighted by atomic mass is 15.1. The number of benzene rings is 1. The van der Waals surface area contributed by atoms with E-state index in [1.54, 1.807) is 6.20 Å². The lowest BCUT2D eigenvalue weighted by Crippen LogP contribution is -2.07. The van der Waals surface area contributed by atoms with E-state index in [9.17, 15) is 0 Å². The molecule has 4 nitrogen and oxygen atoms in total. The summed E-state index contributed by atoms with van der Waals surface area (Å²) in [6.07, 6.45) is 3.72. The van der Waals surface area contributed by atoms with Gasteiger partial charge >= 0.3 is 0 Å². The number of aromatic nitrogens is 2. The molecule has 0 spiro atoms. The lowest BCUT2D eigenvalue weighted by atomic mass is 10.2. The zero-order valence-electron chi connectivity index (χ0n) is 9.57. The van der Waals surface area contributed by atoms with Gasteiger partial charge in [0.05, 0.1) is 17.9 Å². The summed E-state index contributed by atoms with van der Waals surface area (Å²) in [5, 5.41) is 3.29. The maximum atomic E-state index is 5.88. The number of hydrogen-bond donors (Lipinski definition) is 2. The minimum atomic E-state index is 0.678. The number of nitrogen functional groups attached to an aromatic ring is 1. The number of nitrogens with zero attached hydrogens (tertiary/aromatic N) is 2. The van der Waals surface area contributed by atoms with E-state index < -0.39 is 0 Å². The highest BCUT2D eigenvalue weighted by Crippen LogP contribution is 2.19. The van der Waals surface area contributed by atoms with Gasteiger partial charge in [-0.1, -0.05) is 6.07 Å². The predicted octanol–water partition coefficient (Wildman–Crippen LogP) is 1.92. The molecule has 4 heteroatoms. The molecule has 0 saturated heterocycles. The molecular weight excluding hydrogens is 200 g/mol. The molecule has 0 bridgehead atoms. The molecule has 16 heavy (non-hydrogen) atoms. The van der Waals surface area contributed by atoms with Crippen molar-refractivity contribution in [3.05, 3.63) is 42.0 Å². The van der Waals surface area contributed by atoms with Crippen molar-refractivity contribution in [3.8, 4) is 0 Å². The normalized spacial score (nSPS) is 10.4. The van der Waals surface area contributed by atoms with E-state index >= 15 is 0 Å². The summed E-state index contributed by atoms with van der Waals surface area (Å²) in [6, 6.07) is 5.95. The molecule has 2 rings (SSSR count). The average molecular weight is 216 g/mol. The quantitative estimate of drug-likeness (QED) is 0.771. The topological polar surface area (TPSA) is 55.9 Å². The zero-order valence-corrected chi connectivity index (χ0v) is 9.57. The molecule has 84 valence electrons. The molecule has 0 atom stereocenters. The van der Waals surface area contributed by atoms with Crippen molar-refractivity contribution in [2.45, 2.75) is 13.5 Å². The van der Waals surface area contributed by atoms with Crippen molar-refractivity contribution in [1.82, 2.24) is 9.55 Å². The van der Waals surface area contributed by atoms with Gasteiger partial charge in [0.15, 0.2) is 0 Å². The summed E-state index contributed by atoms with van der Waals surface area (Å²) in [5.74, 6) is 0.987. The van der Waals surface area contributed by atoms with Gasteiger partial charge in [0.1, 0.15) is 5.82 Å². The SMILES string of the molecule is Cc1ccc(N)c(NCc2nccn2C)c1. The van der Waals surface area contributed by atoms with E-state index in [0.29, 0.717) is 6.54 Å². The Morgan fingerprint density at radius 1 is 1.44 bits per heavy atom. The maximum absolute atomic E-state index is 5.88. The Balaban J connectivity index is 2.10. The third-order valence-corrected chi connectivity index (χ3v) is 2.57. The number of rotatable bonds is 3. The van der Waals surface area contributed by atoms with Gasteiger partial charge in [-0.15, -0.1) is 0 Å². The predicted molar refractivity (Wildman–Crippen MR) is 66.1 cm³/mol. The second kappa shape index (κ2) is 4.26. The molecule has 1 aromatic carbocycles. The number of aryl methyl sites for hydroxylation is 2. The maximum Gasteiger partial charge on any atom is 0.127 e. The first-order valence-corrected chi connectivity index (χ1v) is 5.23. The van der Waals surface area contributed by atoms with Crippen molar-refractivity contribution in [1.29, 1.82) is 0 Å². The average Bonchev–Trinajstić information content (AvgIpc) is 2.66. The summed E-state index contributed by atoms with van der Waals surface area (Å²) < 4.78 is 1.99. The summed E-state index contributed by atoms with van der Waals surface area (Å²) in [4.78, 5) is 4.24. The third kappa shape index (κ3) is 2.16. The summed E-state index contributed by atoms with van der Waals surface area (Å²) >= 11 is 0. The molecule has 3 N–H and O–H groups in total. The Labute approximate surface area is 95.1 Å². The van der Waals surface area contributed by atoms with E-state index in [0.717, 1.165) is 17.2 Å². The molecule has 1 aromatic heterocycles. The number of anilines is 2. The Hall–Kier alpha value is -1.97. The molecule has 0 aliphatic carbocycles. The van der Waals surface area contributed by atoms with E-state index in [4.69, 9.17) is 5.73 Å². The lowest BCUT2D eigenvalue weighted by Gasteiger charge is -2.09. The van der Waals surface area contributed by atoms with Crippen LogP contribution in [0.2, 0.25) is 0 Å².